The molecule has 0 unspecified atom stereocenters. The Kier molecular flexibility index (Phi) is 2.11. The van der Waals surface area contributed by atoms with Crippen LogP contribution in [0.3, 0.4) is 0 Å². The summed E-state index contributed by atoms with van der Waals surface area (Å²) in [7, 11) is 0. The zero-order chi connectivity index (χ0) is 11.0. The first-order chi connectivity index (χ1) is 7.83. The van der Waals surface area contributed by atoms with Crippen molar-refractivity contribution in [3.05, 3.63) is 30.6 Å². The number of fused-ring (bicyclic) bond motifs is 1. The van der Waals surface area contributed by atoms with Crippen molar-refractivity contribution < 1.29 is 5.11 Å². The number of imidazole rings is 1. The summed E-state index contributed by atoms with van der Waals surface area (Å²) in [6.07, 6.45) is 5.97. The van der Waals surface area contributed by atoms with Crippen LogP contribution in [-0.2, 0) is 0 Å². The Hall–Kier alpha value is -1.55. The molecular formula is C12H15N3O. The molecule has 0 bridgehead atoms. The second-order valence-electron chi connectivity index (χ2n) is 4.58. The number of hydrogen-bond acceptors (Lipinski definition) is 3. The molecule has 1 aliphatic rings. The summed E-state index contributed by atoms with van der Waals surface area (Å²) in [5.74, 6) is 1.04. The minimum absolute atomic E-state index is 0.128. The van der Waals surface area contributed by atoms with Crippen molar-refractivity contribution in [2.45, 2.75) is 12.8 Å². The third-order valence-electron chi connectivity index (χ3n) is 3.37. The van der Waals surface area contributed by atoms with E-state index < -0.39 is 0 Å². The predicted octanol–water partition coefficient (Wildman–Crippen LogP) is 1.52. The topological polar surface area (TPSA) is 49.6 Å². The molecule has 0 aliphatic heterocycles. The van der Waals surface area contributed by atoms with Crippen LogP contribution >= 0.6 is 0 Å². The maximum Gasteiger partial charge on any atom is 0.138 e. The maximum absolute atomic E-state index is 9.25. The van der Waals surface area contributed by atoms with Crippen LogP contribution in [0.1, 0.15) is 12.8 Å². The minimum atomic E-state index is 0.128. The largest absolute Gasteiger partial charge is 0.396 e. The minimum Gasteiger partial charge on any atom is -0.396 e. The van der Waals surface area contributed by atoms with E-state index in [0.717, 1.165) is 30.9 Å². The highest BCUT2D eigenvalue weighted by molar-refractivity contribution is 5.50. The van der Waals surface area contributed by atoms with Gasteiger partial charge in [-0.3, -0.25) is 4.40 Å². The van der Waals surface area contributed by atoms with E-state index in [0.29, 0.717) is 0 Å². The molecule has 2 aromatic rings. The Morgan fingerprint density at radius 2 is 2.31 bits per heavy atom. The van der Waals surface area contributed by atoms with Crippen molar-refractivity contribution in [1.82, 2.24) is 9.38 Å². The lowest BCUT2D eigenvalue weighted by Crippen LogP contribution is -2.20. The molecule has 0 spiro atoms. The van der Waals surface area contributed by atoms with E-state index in [-0.39, 0.29) is 12.0 Å². The first-order valence-corrected chi connectivity index (χ1v) is 5.60. The molecular weight excluding hydrogens is 202 g/mol. The number of nitrogens with one attached hydrogen (secondary N) is 1. The highest BCUT2D eigenvalue weighted by Gasteiger charge is 2.41. The lowest BCUT2D eigenvalue weighted by atomic mass is 10.1. The fourth-order valence-corrected chi connectivity index (χ4v) is 1.94. The zero-order valence-electron chi connectivity index (χ0n) is 9.06. The summed E-state index contributed by atoms with van der Waals surface area (Å²) < 4.78 is 2.02. The Balaban J connectivity index is 1.81. The first kappa shape index (κ1) is 9.66. The van der Waals surface area contributed by atoms with E-state index in [1.807, 2.05) is 28.8 Å². The molecule has 4 nitrogen and oxygen atoms in total. The van der Waals surface area contributed by atoms with Crippen molar-refractivity contribution in [3.63, 3.8) is 0 Å². The molecule has 16 heavy (non-hydrogen) atoms. The average Bonchev–Trinajstić information content (AvgIpc) is 2.94. The maximum atomic E-state index is 9.25. The molecule has 0 aromatic carbocycles. The quantitative estimate of drug-likeness (QED) is 0.816. The zero-order valence-corrected chi connectivity index (χ0v) is 9.06. The number of anilines is 1. The summed E-state index contributed by atoms with van der Waals surface area (Å²) in [5.41, 5.74) is 1.07. The van der Waals surface area contributed by atoms with E-state index in [1.165, 1.54) is 0 Å². The van der Waals surface area contributed by atoms with Crippen LogP contribution in [0, 0.1) is 5.41 Å². The second kappa shape index (κ2) is 3.49. The highest BCUT2D eigenvalue weighted by Crippen LogP contribution is 2.44. The normalized spacial score (nSPS) is 17.6. The predicted molar refractivity (Wildman–Crippen MR) is 62.4 cm³/mol. The molecule has 2 N–H and O–H groups in total. The SMILES string of the molecule is OCC1(CNc2cccc3nccn23)CC1. The van der Waals surface area contributed by atoms with Crippen LogP contribution in [0.4, 0.5) is 5.82 Å². The van der Waals surface area contributed by atoms with Crippen LogP contribution in [0.2, 0.25) is 0 Å². The van der Waals surface area contributed by atoms with Crippen LogP contribution in [0.5, 0.6) is 0 Å². The molecule has 1 fully saturated rings. The fraction of sp³-hybridized carbons (Fsp3) is 0.417. The molecule has 1 aliphatic carbocycles. The number of aliphatic hydroxyl groups is 1. The Morgan fingerprint density at radius 3 is 3.06 bits per heavy atom. The number of aliphatic hydroxyl groups excluding tert-OH is 1. The van der Waals surface area contributed by atoms with Gasteiger partial charge < -0.3 is 10.4 Å². The summed E-state index contributed by atoms with van der Waals surface area (Å²) >= 11 is 0. The fourth-order valence-electron chi connectivity index (χ4n) is 1.94. The molecule has 2 heterocycles. The number of aromatic nitrogens is 2. The number of rotatable bonds is 4. The molecule has 0 radical (unpaired) electrons. The van der Waals surface area contributed by atoms with Crippen molar-refractivity contribution in [2.75, 3.05) is 18.5 Å². The van der Waals surface area contributed by atoms with E-state index in [1.54, 1.807) is 6.20 Å². The van der Waals surface area contributed by atoms with E-state index in [4.69, 9.17) is 0 Å². The van der Waals surface area contributed by atoms with E-state index >= 15 is 0 Å². The number of pyridine rings is 1. The Morgan fingerprint density at radius 1 is 1.44 bits per heavy atom. The lowest BCUT2D eigenvalue weighted by molar-refractivity contribution is 0.219. The molecule has 4 heteroatoms. The average molecular weight is 217 g/mol. The summed E-state index contributed by atoms with van der Waals surface area (Å²) in [6, 6.07) is 6.00. The van der Waals surface area contributed by atoms with Crippen LogP contribution in [0.15, 0.2) is 30.6 Å². The summed E-state index contributed by atoms with van der Waals surface area (Å²) in [6.45, 7) is 1.11. The van der Waals surface area contributed by atoms with Gasteiger partial charge in [0.2, 0.25) is 0 Å². The summed E-state index contributed by atoms with van der Waals surface area (Å²) in [4.78, 5) is 4.23. The third-order valence-corrected chi connectivity index (χ3v) is 3.37. The van der Waals surface area contributed by atoms with Gasteiger partial charge in [0.05, 0.1) is 6.61 Å². The van der Waals surface area contributed by atoms with Gasteiger partial charge in [-0.25, -0.2) is 4.98 Å². The standard InChI is InChI=1S/C12H15N3O/c16-9-12(4-5-12)8-14-11-3-1-2-10-13-6-7-15(10)11/h1-3,6-7,14,16H,4-5,8-9H2. The smallest absolute Gasteiger partial charge is 0.138 e. The Labute approximate surface area is 93.9 Å². The van der Waals surface area contributed by atoms with Crippen molar-refractivity contribution in [2.24, 2.45) is 5.41 Å². The van der Waals surface area contributed by atoms with Gasteiger partial charge in [-0.05, 0) is 25.0 Å². The molecule has 2 aromatic heterocycles. The number of hydrogen-bond donors (Lipinski definition) is 2. The molecule has 84 valence electrons. The highest BCUT2D eigenvalue weighted by atomic mass is 16.3. The first-order valence-electron chi connectivity index (χ1n) is 5.60. The monoisotopic (exact) mass is 217 g/mol. The van der Waals surface area contributed by atoms with Gasteiger partial charge in [0, 0.05) is 24.4 Å². The van der Waals surface area contributed by atoms with Gasteiger partial charge in [-0.1, -0.05) is 6.07 Å². The van der Waals surface area contributed by atoms with Gasteiger partial charge in [0.15, 0.2) is 0 Å². The molecule has 1 saturated carbocycles. The van der Waals surface area contributed by atoms with Crippen LogP contribution < -0.4 is 5.32 Å². The van der Waals surface area contributed by atoms with E-state index in [2.05, 4.69) is 10.3 Å². The van der Waals surface area contributed by atoms with Crippen molar-refractivity contribution in [1.29, 1.82) is 0 Å². The third kappa shape index (κ3) is 1.55. The van der Waals surface area contributed by atoms with Gasteiger partial charge in [0.25, 0.3) is 0 Å². The molecule has 3 rings (SSSR count). The Bertz CT molecular complexity index is 502. The second-order valence-corrected chi connectivity index (χ2v) is 4.58. The van der Waals surface area contributed by atoms with Crippen LogP contribution in [-0.4, -0.2) is 27.6 Å². The molecule has 0 atom stereocenters. The van der Waals surface area contributed by atoms with Gasteiger partial charge >= 0.3 is 0 Å². The van der Waals surface area contributed by atoms with Crippen LogP contribution in [0.25, 0.3) is 5.65 Å². The van der Waals surface area contributed by atoms with Crippen molar-refractivity contribution >= 4 is 11.5 Å². The number of nitrogens with zero attached hydrogens (tertiary/aromatic N) is 2. The van der Waals surface area contributed by atoms with Crippen molar-refractivity contribution in [3.8, 4) is 0 Å². The molecule has 0 saturated heterocycles. The van der Waals surface area contributed by atoms with E-state index in [9.17, 15) is 5.11 Å². The summed E-state index contributed by atoms with van der Waals surface area (Å²) in [5, 5.41) is 12.6. The lowest BCUT2D eigenvalue weighted by Gasteiger charge is -2.14. The van der Waals surface area contributed by atoms with Gasteiger partial charge in [-0.2, -0.15) is 0 Å². The molecule has 0 amide bonds. The van der Waals surface area contributed by atoms with Gasteiger partial charge in [-0.15, -0.1) is 0 Å². The van der Waals surface area contributed by atoms with Gasteiger partial charge in [0.1, 0.15) is 11.5 Å².